The summed E-state index contributed by atoms with van der Waals surface area (Å²) >= 11 is 5.75. The molecule has 0 radical (unpaired) electrons. The highest BCUT2D eigenvalue weighted by molar-refractivity contribution is 7.80. The van der Waals surface area contributed by atoms with E-state index < -0.39 is 5.97 Å². The SMILES string of the molecule is O=C(O)c1ccc(-c2ccc(C3C(c4ccccn4)NC(=S)N3CCN3CCOCC3)o2)cc1. The van der Waals surface area contributed by atoms with E-state index in [1.54, 1.807) is 30.5 Å². The molecule has 2 aliphatic heterocycles. The number of aromatic carboxylic acids is 1. The molecule has 2 aliphatic rings. The Balaban J connectivity index is 1.43. The minimum atomic E-state index is -0.952. The summed E-state index contributed by atoms with van der Waals surface area (Å²) in [6, 6.07) is 16.1. The molecular formula is C25H26N4O4S. The number of hydrogen-bond donors (Lipinski definition) is 2. The number of benzene rings is 1. The highest BCUT2D eigenvalue weighted by Crippen LogP contribution is 2.40. The van der Waals surface area contributed by atoms with Gasteiger partial charge in [-0.25, -0.2) is 4.79 Å². The van der Waals surface area contributed by atoms with E-state index >= 15 is 0 Å². The lowest BCUT2D eigenvalue weighted by Gasteiger charge is -2.31. The largest absolute Gasteiger partial charge is 0.478 e. The molecule has 2 unspecified atom stereocenters. The van der Waals surface area contributed by atoms with Gasteiger partial charge in [0, 0.05) is 37.9 Å². The Morgan fingerprint density at radius 2 is 1.88 bits per heavy atom. The Kier molecular flexibility index (Phi) is 6.57. The number of ether oxygens (including phenoxy) is 1. The number of morpholine rings is 1. The van der Waals surface area contributed by atoms with Crippen LogP contribution in [0.4, 0.5) is 0 Å². The Morgan fingerprint density at radius 1 is 1.09 bits per heavy atom. The summed E-state index contributed by atoms with van der Waals surface area (Å²) in [7, 11) is 0. The van der Waals surface area contributed by atoms with Gasteiger partial charge in [0.25, 0.3) is 0 Å². The Hall–Kier alpha value is -3.27. The molecule has 34 heavy (non-hydrogen) atoms. The van der Waals surface area contributed by atoms with E-state index in [9.17, 15) is 4.79 Å². The standard InChI is InChI=1S/C25H26N4O4S/c30-24(31)18-6-4-17(5-7-18)20-8-9-21(33-20)23-22(19-3-1-2-10-26-19)27-25(34)29(23)12-11-28-13-15-32-16-14-28/h1-10,22-23H,11-16H2,(H,27,34)(H,30,31). The van der Waals surface area contributed by atoms with Crippen molar-refractivity contribution in [3.8, 4) is 11.3 Å². The molecule has 0 amide bonds. The molecule has 2 fully saturated rings. The number of pyridine rings is 1. The van der Waals surface area contributed by atoms with Crippen LogP contribution in [0.3, 0.4) is 0 Å². The summed E-state index contributed by atoms with van der Waals surface area (Å²) in [5, 5.41) is 13.3. The van der Waals surface area contributed by atoms with Gasteiger partial charge in [-0.3, -0.25) is 9.88 Å². The quantitative estimate of drug-likeness (QED) is 0.496. The van der Waals surface area contributed by atoms with Gasteiger partial charge in [0.15, 0.2) is 5.11 Å². The molecule has 2 aromatic heterocycles. The van der Waals surface area contributed by atoms with Crippen LogP contribution >= 0.6 is 12.2 Å². The predicted octanol–water partition coefficient (Wildman–Crippen LogP) is 3.34. The number of furan rings is 1. The molecule has 0 bridgehead atoms. The zero-order chi connectivity index (χ0) is 23.5. The molecule has 9 heteroatoms. The fourth-order valence-electron chi connectivity index (χ4n) is 4.47. The van der Waals surface area contributed by atoms with Crippen molar-refractivity contribution < 1.29 is 19.1 Å². The lowest BCUT2D eigenvalue weighted by Crippen LogP contribution is -2.42. The number of hydrogen-bond acceptors (Lipinski definition) is 6. The second-order valence-corrected chi connectivity index (χ2v) is 8.75. The average Bonchev–Trinajstić information content (AvgIpc) is 3.48. The third-order valence-electron chi connectivity index (χ3n) is 6.29. The van der Waals surface area contributed by atoms with E-state index in [1.165, 1.54) is 0 Å². The fourth-order valence-corrected chi connectivity index (χ4v) is 4.81. The number of nitrogens with zero attached hydrogens (tertiary/aromatic N) is 3. The fraction of sp³-hybridized carbons (Fsp3) is 0.320. The highest BCUT2D eigenvalue weighted by atomic mass is 32.1. The maximum absolute atomic E-state index is 11.2. The van der Waals surface area contributed by atoms with Gasteiger partial charge in [0.2, 0.25) is 0 Å². The van der Waals surface area contributed by atoms with Crippen LogP contribution in [-0.4, -0.2) is 70.4 Å². The smallest absolute Gasteiger partial charge is 0.335 e. The number of carboxylic acid groups (broad SMARTS) is 1. The second-order valence-electron chi connectivity index (χ2n) is 8.36. The van der Waals surface area contributed by atoms with Gasteiger partial charge in [-0.15, -0.1) is 0 Å². The Morgan fingerprint density at radius 3 is 2.59 bits per heavy atom. The van der Waals surface area contributed by atoms with Gasteiger partial charge in [-0.05, 0) is 48.6 Å². The normalized spacial score (nSPS) is 20.9. The van der Waals surface area contributed by atoms with E-state index in [1.807, 2.05) is 30.3 Å². The average molecular weight is 479 g/mol. The summed E-state index contributed by atoms with van der Waals surface area (Å²) in [6.07, 6.45) is 1.78. The molecular weight excluding hydrogens is 452 g/mol. The van der Waals surface area contributed by atoms with Gasteiger partial charge in [-0.2, -0.15) is 0 Å². The van der Waals surface area contributed by atoms with Crippen LogP contribution in [0, 0.1) is 0 Å². The van der Waals surface area contributed by atoms with Crippen LogP contribution in [-0.2, 0) is 4.74 Å². The monoisotopic (exact) mass is 478 g/mol. The predicted molar refractivity (Wildman–Crippen MR) is 131 cm³/mol. The first-order valence-corrected chi connectivity index (χ1v) is 11.7. The summed E-state index contributed by atoms with van der Waals surface area (Å²) in [6.45, 7) is 4.97. The van der Waals surface area contributed by atoms with E-state index in [2.05, 4.69) is 20.1 Å². The van der Waals surface area contributed by atoms with Crippen LogP contribution in [0.5, 0.6) is 0 Å². The summed E-state index contributed by atoms with van der Waals surface area (Å²) in [4.78, 5) is 20.3. The van der Waals surface area contributed by atoms with Crippen molar-refractivity contribution in [1.29, 1.82) is 0 Å². The lowest BCUT2D eigenvalue weighted by atomic mass is 10.0. The molecule has 4 heterocycles. The maximum Gasteiger partial charge on any atom is 0.335 e. The number of carbonyl (C=O) groups is 1. The van der Waals surface area contributed by atoms with Crippen LogP contribution in [0.2, 0.25) is 0 Å². The second kappa shape index (κ2) is 9.92. The molecule has 2 N–H and O–H groups in total. The third kappa shape index (κ3) is 4.68. The molecule has 1 aromatic carbocycles. The first-order chi connectivity index (χ1) is 16.6. The van der Waals surface area contributed by atoms with Crippen LogP contribution in [0.15, 0.2) is 65.2 Å². The molecule has 0 saturated carbocycles. The lowest BCUT2D eigenvalue weighted by molar-refractivity contribution is 0.0347. The highest BCUT2D eigenvalue weighted by Gasteiger charge is 2.41. The summed E-state index contributed by atoms with van der Waals surface area (Å²) < 4.78 is 11.8. The first-order valence-electron chi connectivity index (χ1n) is 11.3. The van der Waals surface area contributed by atoms with E-state index in [0.29, 0.717) is 10.9 Å². The van der Waals surface area contributed by atoms with Crippen molar-refractivity contribution in [2.75, 3.05) is 39.4 Å². The van der Waals surface area contributed by atoms with E-state index in [4.69, 9.17) is 26.5 Å². The van der Waals surface area contributed by atoms with Crippen LogP contribution in [0.25, 0.3) is 11.3 Å². The van der Waals surface area contributed by atoms with Gasteiger partial charge in [-0.1, -0.05) is 18.2 Å². The van der Waals surface area contributed by atoms with Crippen molar-refractivity contribution in [2.45, 2.75) is 12.1 Å². The Bertz CT molecular complexity index is 1150. The van der Waals surface area contributed by atoms with Crippen molar-refractivity contribution >= 4 is 23.3 Å². The van der Waals surface area contributed by atoms with Gasteiger partial charge in [0.1, 0.15) is 17.6 Å². The minimum absolute atomic E-state index is 0.147. The topological polar surface area (TPSA) is 91.1 Å². The zero-order valence-corrected chi connectivity index (χ0v) is 19.4. The molecule has 0 spiro atoms. The third-order valence-corrected chi connectivity index (χ3v) is 6.65. The number of rotatable bonds is 7. The molecule has 5 rings (SSSR count). The van der Waals surface area contributed by atoms with Crippen molar-refractivity contribution in [2.24, 2.45) is 0 Å². The molecule has 2 atom stereocenters. The Labute approximate surface area is 203 Å². The van der Waals surface area contributed by atoms with Gasteiger partial charge < -0.3 is 24.5 Å². The molecule has 3 aromatic rings. The van der Waals surface area contributed by atoms with Gasteiger partial charge in [0.05, 0.1) is 30.5 Å². The zero-order valence-electron chi connectivity index (χ0n) is 18.6. The van der Waals surface area contributed by atoms with Crippen LogP contribution < -0.4 is 5.32 Å². The first kappa shape index (κ1) is 22.5. The minimum Gasteiger partial charge on any atom is -0.478 e. The number of carboxylic acids is 1. The van der Waals surface area contributed by atoms with Crippen LogP contribution in [0.1, 0.15) is 33.9 Å². The summed E-state index contributed by atoms with van der Waals surface area (Å²) in [5.74, 6) is 0.506. The van der Waals surface area contributed by atoms with Gasteiger partial charge >= 0.3 is 5.97 Å². The van der Waals surface area contributed by atoms with E-state index in [0.717, 1.165) is 56.4 Å². The van der Waals surface area contributed by atoms with Crippen molar-refractivity contribution in [3.05, 3.63) is 77.8 Å². The number of nitrogens with one attached hydrogen (secondary N) is 1. The van der Waals surface area contributed by atoms with Crippen molar-refractivity contribution in [3.63, 3.8) is 0 Å². The number of aromatic nitrogens is 1. The van der Waals surface area contributed by atoms with E-state index in [-0.39, 0.29) is 17.6 Å². The van der Waals surface area contributed by atoms with Crippen molar-refractivity contribution in [1.82, 2.24) is 20.1 Å². The summed E-state index contributed by atoms with van der Waals surface area (Å²) in [5.41, 5.74) is 1.96. The molecule has 0 aliphatic carbocycles. The number of thiocarbonyl (C=S) groups is 1. The molecule has 8 nitrogen and oxygen atoms in total. The maximum atomic E-state index is 11.2. The molecule has 176 valence electrons. The molecule has 2 saturated heterocycles.